The highest BCUT2D eigenvalue weighted by Gasteiger charge is 2.11. The van der Waals surface area contributed by atoms with Gasteiger partial charge in [-0.3, -0.25) is 0 Å². The molecule has 13 heavy (non-hydrogen) atoms. The molecule has 2 nitrogen and oxygen atoms in total. The molecule has 0 radical (unpaired) electrons. The first-order valence-corrected chi connectivity index (χ1v) is 5.20. The van der Waals surface area contributed by atoms with Crippen LogP contribution < -0.4 is 0 Å². The van der Waals surface area contributed by atoms with Crippen molar-refractivity contribution in [3.8, 4) is 0 Å². The monoisotopic (exact) mass is 182 g/mol. The first-order valence-electron chi connectivity index (χ1n) is 5.20. The molecule has 0 atom stereocenters. The Morgan fingerprint density at radius 3 is 3.08 bits per heavy atom. The van der Waals surface area contributed by atoms with Gasteiger partial charge in [0.15, 0.2) is 0 Å². The smallest absolute Gasteiger partial charge is 0.333 e. The number of carbonyl (C=O) groups excluding carboxylic acids is 1. The minimum absolute atomic E-state index is 0.0897. The lowest BCUT2D eigenvalue weighted by atomic mass is 10.1. The number of rotatable bonds is 3. The van der Waals surface area contributed by atoms with E-state index in [1.807, 2.05) is 0 Å². The molecule has 0 N–H and O–H groups in total. The number of cyclic esters (lactones) is 1. The molecule has 1 aliphatic rings. The largest absolute Gasteiger partial charge is 0.462 e. The van der Waals surface area contributed by atoms with E-state index in [1.165, 1.54) is 0 Å². The van der Waals surface area contributed by atoms with Gasteiger partial charge in [0, 0.05) is 5.57 Å². The molecule has 0 saturated carbocycles. The second-order valence-electron chi connectivity index (χ2n) is 3.46. The van der Waals surface area contributed by atoms with Gasteiger partial charge in [-0.2, -0.15) is 0 Å². The first-order chi connectivity index (χ1) is 6.34. The Morgan fingerprint density at radius 1 is 1.46 bits per heavy atom. The molecule has 0 aliphatic carbocycles. The average Bonchev–Trinajstić information content (AvgIpc) is 2.11. The van der Waals surface area contributed by atoms with E-state index in [4.69, 9.17) is 4.74 Å². The van der Waals surface area contributed by atoms with E-state index in [-0.39, 0.29) is 5.97 Å². The van der Waals surface area contributed by atoms with Crippen molar-refractivity contribution in [3.63, 3.8) is 0 Å². The molecule has 1 heterocycles. The van der Waals surface area contributed by atoms with Gasteiger partial charge in [-0.1, -0.05) is 19.4 Å². The Kier molecular flexibility index (Phi) is 4.58. The van der Waals surface area contributed by atoms with E-state index in [1.54, 1.807) is 0 Å². The third kappa shape index (κ3) is 3.62. The van der Waals surface area contributed by atoms with Crippen LogP contribution in [0.4, 0.5) is 0 Å². The van der Waals surface area contributed by atoms with E-state index in [9.17, 15) is 4.79 Å². The molecule has 1 aliphatic heterocycles. The second kappa shape index (κ2) is 5.79. The molecule has 0 fully saturated rings. The fraction of sp³-hybridized carbons (Fsp3) is 0.727. The number of hydrogen-bond donors (Lipinski definition) is 0. The predicted molar refractivity (Wildman–Crippen MR) is 52.4 cm³/mol. The summed E-state index contributed by atoms with van der Waals surface area (Å²) in [4.78, 5) is 11.4. The van der Waals surface area contributed by atoms with Crippen molar-refractivity contribution >= 4 is 5.97 Å². The molecular weight excluding hydrogens is 164 g/mol. The van der Waals surface area contributed by atoms with Crippen LogP contribution >= 0.6 is 0 Å². The Morgan fingerprint density at radius 2 is 2.31 bits per heavy atom. The van der Waals surface area contributed by atoms with Gasteiger partial charge in [-0.25, -0.2) is 4.79 Å². The van der Waals surface area contributed by atoms with Gasteiger partial charge >= 0.3 is 5.97 Å². The minimum Gasteiger partial charge on any atom is -0.462 e. The van der Waals surface area contributed by atoms with Crippen LogP contribution in [-0.4, -0.2) is 12.6 Å². The van der Waals surface area contributed by atoms with Gasteiger partial charge in [-0.05, 0) is 32.1 Å². The van der Waals surface area contributed by atoms with Gasteiger partial charge < -0.3 is 4.74 Å². The van der Waals surface area contributed by atoms with Gasteiger partial charge in [0.2, 0.25) is 0 Å². The Hall–Kier alpha value is -0.790. The van der Waals surface area contributed by atoms with Crippen molar-refractivity contribution < 1.29 is 9.53 Å². The second-order valence-corrected chi connectivity index (χ2v) is 3.46. The maximum Gasteiger partial charge on any atom is 0.333 e. The van der Waals surface area contributed by atoms with Gasteiger partial charge in [-0.15, -0.1) is 0 Å². The van der Waals surface area contributed by atoms with Crippen LogP contribution in [0.2, 0.25) is 0 Å². The van der Waals surface area contributed by atoms with Crippen molar-refractivity contribution in [2.75, 3.05) is 6.61 Å². The molecule has 0 spiro atoms. The lowest BCUT2D eigenvalue weighted by Crippen LogP contribution is -2.11. The Labute approximate surface area is 80.0 Å². The van der Waals surface area contributed by atoms with Crippen molar-refractivity contribution in [1.82, 2.24) is 0 Å². The fourth-order valence-corrected chi connectivity index (χ4v) is 1.43. The minimum atomic E-state index is -0.0897. The number of unbranched alkanes of at least 4 members (excludes halogenated alkanes) is 1. The lowest BCUT2D eigenvalue weighted by molar-refractivity contribution is -0.139. The number of esters is 1. The van der Waals surface area contributed by atoms with Crippen molar-refractivity contribution in [2.45, 2.75) is 45.4 Å². The van der Waals surface area contributed by atoms with Crippen LogP contribution in [0.25, 0.3) is 0 Å². The van der Waals surface area contributed by atoms with Gasteiger partial charge in [0.05, 0.1) is 6.61 Å². The summed E-state index contributed by atoms with van der Waals surface area (Å²) in [7, 11) is 0. The SMILES string of the molecule is CCCC/C1=C/CCCCOC1=O. The molecule has 74 valence electrons. The highest BCUT2D eigenvalue weighted by molar-refractivity contribution is 5.88. The molecule has 2 heteroatoms. The number of allylic oxidation sites excluding steroid dienone is 1. The number of ether oxygens (including phenoxy) is 1. The standard InChI is InChI=1S/C11H18O2/c1-2-3-7-10-8-5-4-6-9-13-11(10)12/h8H,2-7,9H2,1H3/b10-8-. The molecular formula is C11H18O2. The fourth-order valence-electron chi connectivity index (χ4n) is 1.43. The maximum atomic E-state index is 11.4. The van der Waals surface area contributed by atoms with E-state index in [0.717, 1.165) is 44.1 Å². The van der Waals surface area contributed by atoms with Crippen LogP contribution in [0.5, 0.6) is 0 Å². The van der Waals surface area contributed by atoms with E-state index < -0.39 is 0 Å². The van der Waals surface area contributed by atoms with Crippen molar-refractivity contribution in [3.05, 3.63) is 11.6 Å². The highest BCUT2D eigenvalue weighted by atomic mass is 16.5. The first kappa shape index (κ1) is 10.3. The van der Waals surface area contributed by atoms with Crippen molar-refractivity contribution in [1.29, 1.82) is 0 Å². The summed E-state index contributed by atoms with van der Waals surface area (Å²) in [6.45, 7) is 2.73. The summed E-state index contributed by atoms with van der Waals surface area (Å²) in [5.74, 6) is -0.0897. The number of hydrogen-bond acceptors (Lipinski definition) is 2. The molecule has 0 aromatic carbocycles. The zero-order chi connectivity index (χ0) is 9.52. The third-order valence-electron chi connectivity index (χ3n) is 2.28. The molecule has 0 aromatic heterocycles. The van der Waals surface area contributed by atoms with Gasteiger partial charge in [0.1, 0.15) is 0 Å². The predicted octanol–water partition coefficient (Wildman–Crippen LogP) is 2.83. The third-order valence-corrected chi connectivity index (χ3v) is 2.28. The summed E-state index contributed by atoms with van der Waals surface area (Å²) < 4.78 is 5.09. The van der Waals surface area contributed by atoms with Crippen molar-refractivity contribution in [2.24, 2.45) is 0 Å². The summed E-state index contributed by atoms with van der Waals surface area (Å²) in [6.07, 6.45) is 8.33. The molecule has 0 saturated heterocycles. The summed E-state index contributed by atoms with van der Waals surface area (Å²) in [5, 5.41) is 0. The zero-order valence-electron chi connectivity index (χ0n) is 8.34. The van der Waals surface area contributed by atoms with E-state index in [2.05, 4.69) is 13.0 Å². The Bertz CT molecular complexity index is 194. The van der Waals surface area contributed by atoms with E-state index in [0.29, 0.717) is 6.61 Å². The molecule has 0 aromatic rings. The van der Waals surface area contributed by atoms with Gasteiger partial charge in [0.25, 0.3) is 0 Å². The molecule has 0 amide bonds. The van der Waals surface area contributed by atoms with Crippen LogP contribution in [0.15, 0.2) is 11.6 Å². The van der Waals surface area contributed by atoms with Crippen LogP contribution in [0.3, 0.4) is 0 Å². The lowest BCUT2D eigenvalue weighted by Gasteiger charge is -2.10. The summed E-state index contributed by atoms with van der Waals surface area (Å²) in [5.41, 5.74) is 0.890. The topological polar surface area (TPSA) is 26.3 Å². The molecule has 1 rings (SSSR count). The summed E-state index contributed by atoms with van der Waals surface area (Å²) >= 11 is 0. The average molecular weight is 182 g/mol. The number of carbonyl (C=O) groups is 1. The Balaban J connectivity index is 2.48. The quantitative estimate of drug-likeness (QED) is 0.627. The molecule has 0 unspecified atom stereocenters. The summed E-state index contributed by atoms with van der Waals surface area (Å²) in [6, 6.07) is 0. The van der Waals surface area contributed by atoms with Crippen LogP contribution in [0.1, 0.15) is 45.4 Å². The van der Waals surface area contributed by atoms with E-state index >= 15 is 0 Å². The zero-order valence-corrected chi connectivity index (χ0v) is 8.34. The highest BCUT2D eigenvalue weighted by Crippen LogP contribution is 2.14. The van der Waals surface area contributed by atoms with Crippen LogP contribution in [0, 0.1) is 0 Å². The van der Waals surface area contributed by atoms with Crippen LogP contribution in [-0.2, 0) is 9.53 Å². The normalized spacial score (nSPS) is 22.5. The molecule has 0 bridgehead atoms. The maximum absolute atomic E-state index is 11.4.